The third kappa shape index (κ3) is 14.7. The number of ether oxygens (including phenoxy) is 2. The van der Waals surface area contributed by atoms with E-state index in [2.05, 4.69) is 15.6 Å². The minimum Gasteiger partial charge on any atom is -0.379 e. The molecule has 1 aliphatic carbocycles. The van der Waals surface area contributed by atoms with E-state index in [0.717, 1.165) is 0 Å². The number of halogens is 1. The second kappa shape index (κ2) is 15.0. The molecule has 1 aliphatic rings. The van der Waals surface area contributed by atoms with Gasteiger partial charge in [0.25, 0.3) is 0 Å². The number of guanidine groups is 1. The lowest BCUT2D eigenvalue weighted by atomic mass is 10.1. The molecule has 7 nitrogen and oxygen atoms in total. The Morgan fingerprint density at radius 3 is 2.20 bits per heavy atom. The van der Waals surface area contributed by atoms with E-state index in [9.17, 15) is 8.42 Å². The van der Waals surface area contributed by atoms with Gasteiger partial charge in [0.1, 0.15) is 9.84 Å². The van der Waals surface area contributed by atoms with Gasteiger partial charge in [-0.1, -0.05) is 25.7 Å². The lowest BCUT2D eigenvalue weighted by molar-refractivity contribution is 0.0468. The number of nitrogens with one attached hydrogen (secondary N) is 2. The number of sulfone groups is 1. The number of hydrogen-bond donors (Lipinski definition) is 2. The maximum Gasteiger partial charge on any atom is 0.191 e. The van der Waals surface area contributed by atoms with Gasteiger partial charge in [-0.05, 0) is 12.8 Å². The number of aliphatic imine (C=N–C) groups is 1. The molecule has 0 amide bonds. The van der Waals surface area contributed by atoms with Crippen LogP contribution >= 0.6 is 24.0 Å². The van der Waals surface area contributed by atoms with Gasteiger partial charge < -0.3 is 20.1 Å². The van der Waals surface area contributed by atoms with Gasteiger partial charge in [-0.25, -0.2) is 8.42 Å². The number of nitrogens with zero attached hydrogens (tertiary/aromatic N) is 1. The highest BCUT2D eigenvalue weighted by atomic mass is 127. The van der Waals surface area contributed by atoms with Crippen LogP contribution in [0.2, 0.25) is 0 Å². The quantitative estimate of drug-likeness (QED) is 0.159. The van der Waals surface area contributed by atoms with E-state index in [1.165, 1.54) is 44.8 Å². The topological polar surface area (TPSA) is 89.0 Å². The predicted octanol–water partition coefficient (Wildman–Crippen LogP) is 1.57. The molecule has 0 atom stereocenters. The van der Waals surface area contributed by atoms with Crippen LogP contribution in [0.15, 0.2) is 4.99 Å². The van der Waals surface area contributed by atoms with Gasteiger partial charge in [-0.2, -0.15) is 0 Å². The zero-order chi connectivity index (χ0) is 17.7. The normalized spacial score (nSPS) is 16.8. The second-order valence-corrected chi connectivity index (χ2v) is 8.41. The zero-order valence-electron chi connectivity index (χ0n) is 15.5. The fourth-order valence-electron chi connectivity index (χ4n) is 2.58. The van der Waals surface area contributed by atoms with Crippen molar-refractivity contribution >= 4 is 39.8 Å². The van der Waals surface area contributed by atoms with Crippen molar-refractivity contribution in [3.05, 3.63) is 0 Å². The van der Waals surface area contributed by atoms with E-state index in [4.69, 9.17) is 9.47 Å². The van der Waals surface area contributed by atoms with E-state index in [1.54, 1.807) is 7.05 Å². The van der Waals surface area contributed by atoms with Crippen LogP contribution in [0.5, 0.6) is 0 Å². The largest absolute Gasteiger partial charge is 0.379 e. The maximum absolute atomic E-state index is 11.0. The minimum absolute atomic E-state index is 0. The Morgan fingerprint density at radius 1 is 1.04 bits per heavy atom. The minimum atomic E-state index is -2.95. The van der Waals surface area contributed by atoms with Crippen molar-refractivity contribution in [2.75, 3.05) is 52.0 Å². The van der Waals surface area contributed by atoms with Crippen molar-refractivity contribution in [1.29, 1.82) is 0 Å². The van der Waals surface area contributed by atoms with Crippen molar-refractivity contribution < 1.29 is 17.9 Å². The highest BCUT2D eigenvalue weighted by Crippen LogP contribution is 2.19. The maximum atomic E-state index is 11.0. The molecule has 0 aromatic heterocycles. The first kappa shape index (κ1) is 24.9. The van der Waals surface area contributed by atoms with Gasteiger partial charge in [0.15, 0.2) is 5.96 Å². The molecule has 25 heavy (non-hydrogen) atoms. The van der Waals surface area contributed by atoms with Crippen molar-refractivity contribution in [3.63, 3.8) is 0 Å². The summed E-state index contributed by atoms with van der Waals surface area (Å²) in [6.45, 7) is 2.63. The van der Waals surface area contributed by atoms with Gasteiger partial charge in [0, 0.05) is 26.4 Å². The van der Waals surface area contributed by atoms with E-state index in [-0.39, 0.29) is 36.3 Å². The van der Waals surface area contributed by atoms with E-state index in [0.29, 0.717) is 38.4 Å². The molecule has 0 radical (unpaired) electrons. The Hall–Kier alpha value is -0.130. The van der Waals surface area contributed by atoms with E-state index < -0.39 is 9.84 Å². The molecular formula is C16H34IN3O4S. The van der Waals surface area contributed by atoms with Crippen LogP contribution < -0.4 is 10.6 Å². The first-order valence-corrected chi connectivity index (χ1v) is 10.9. The summed E-state index contributed by atoms with van der Waals surface area (Å²) < 4.78 is 33.1. The molecule has 0 heterocycles. The zero-order valence-corrected chi connectivity index (χ0v) is 18.6. The summed E-state index contributed by atoms with van der Waals surface area (Å²) in [6.07, 6.45) is 9.20. The van der Waals surface area contributed by atoms with Crippen molar-refractivity contribution in [2.24, 2.45) is 4.99 Å². The molecule has 0 aromatic rings. The van der Waals surface area contributed by atoms with Crippen molar-refractivity contribution in [2.45, 2.75) is 44.6 Å². The lowest BCUT2D eigenvalue weighted by Gasteiger charge is -2.16. The molecule has 1 saturated carbocycles. The number of hydrogen-bond acceptors (Lipinski definition) is 5. The Balaban J connectivity index is 0.00000576. The Morgan fingerprint density at radius 2 is 1.64 bits per heavy atom. The third-order valence-electron chi connectivity index (χ3n) is 3.91. The van der Waals surface area contributed by atoms with Gasteiger partial charge in [0.05, 0.1) is 31.7 Å². The molecule has 1 rings (SSSR count). The van der Waals surface area contributed by atoms with Crippen LogP contribution in [0, 0.1) is 0 Å². The average Bonchev–Trinajstić information content (AvgIpc) is 2.80. The predicted molar refractivity (Wildman–Crippen MR) is 113 cm³/mol. The van der Waals surface area contributed by atoms with Crippen LogP contribution in [0.4, 0.5) is 0 Å². The Bertz CT molecular complexity index is 452. The van der Waals surface area contributed by atoms with E-state index >= 15 is 0 Å². The fourth-order valence-corrected chi connectivity index (χ4v) is 3.00. The summed E-state index contributed by atoms with van der Waals surface area (Å²) in [6, 6.07) is 0. The monoisotopic (exact) mass is 491 g/mol. The second-order valence-electron chi connectivity index (χ2n) is 6.15. The average molecular weight is 491 g/mol. The summed E-state index contributed by atoms with van der Waals surface area (Å²) in [5.41, 5.74) is 0. The van der Waals surface area contributed by atoms with Gasteiger partial charge in [-0.15, -0.1) is 24.0 Å². The summed E-state index contributed by atoms with van der Waals surface area (Å²) >= 11 is 0. The molecule has 0 unspecified atom stereocenters. The van der Waals surface area contributed by atoms with Gasteiger partial charge >= 0.3 is 0 Å². The Kier molecular flexibility index (Phi) is 14.9. The molecular weight excluding hydrogens is 457 g/mol. The molecule has 150 valence electrons. The molecule has 0 spiro atoms. The van der Waals surface area contributed by atoms with Gasteiger partial charge in [-0.3, -0.25) is 4.99 Å². The number of rotatable bonds is 10. The SMILES string of the molecule is CN=C(NCCOCCS(C)(=O)=O)NCCOC1CCCCCC1.I. The molecule has 0 aliphatic heterocycles. The smallest absolute Gasteiger partial charge is 0.191 e. The first-order valence-electron chi connectivity index (χ1n) is 8.83. The molecule has 1 fully saturated rings. The summed E-state index contributed by atoms with van der Waals surface area (Å²) in [5.74, 6) is 0.754. The van der Waals surface area contributed by atoms with Crippen LogP contribution in [-0.2, 0) is 19.3 Å². The Labute approximate surface area is 169 Å². The van der Waals surface area contributed by atoms with Crippen LogP contribution in [-0.4, -0.2) is 72.4 Å². The van der Waals surface area contributed by atoms with Crippen LogP contribution in [0.3, 0.4) is 0 Å². The molecule has 0 aromatic carbocycles. The van der Waals surface area contributed by atoms with Gasteiger partial charge in [0.2, 0.25) is 0 Å². The fraction of sp³-hybridized carbons (Fsp3) is 0.938. The van der Waals surface area contributed by atoms with Crippen molar-refractivity contribution in [1.82, 2.24) is 10.6 Å². The summed E-state index contributed by atoms with van der Waals surface area (Å²) in [4.78, 5) is 4.13. The standard InChI is InChI=1S/C16H33N3O4S.HI/c1-17-16(18-9-11-22-13-14-24(2,20)21)19-10-12-23-15-7-5-3-4-6-8-15;/h15H,3-14H2,1-2H3,(H2,17,18,19);1H. The highest BCUT2D eigenvalue weighted by Gasteiger charge is 2.12. The molecule has 9 heteroatoms. The van der Waals surface area contributed by atoms with Crippen molar-refractivity contribution in [3.8, 4) is 0 Å². The van der Waals surface area contributed by atoms with Crippen LogP contribution in [0.1, 0.15) is 38.5 Å². The highest BCUT2D eigenvalue weighted by molar-refractivity contribution is 14.0. The molecule has 0 saturated heterocycles. The summed E-state index contributed by atoms with van der Waals surface area (Å²) in [5, 5.41) is 6.33. The van der Waals surface area contributed by atoms with E-state index in [1.807, 2.05) is 0 Å². The molecule has 0 bridgehead atoms. The molecule has 2 N–H and O–H groups in total. The first-order chi connectivity index (χ1) is 11.5. The van der Waals surface area contributed by atoms with Crippen LogP contribution in [0.25, 0.3) is 0 Å². The summed E-state index contributed by atoms with van der Waals surface area (Å²) in [7, 11) is -1.24. The lowest BCUT2D eigenvalue weighted by Crippen LogP contribution is -2.40. The third-order valence-corrected chi connectivity index (χ3v) is 4.82.